The van der Waals surface area contributed by atoms with Gasteiger partial charge in [-0.2, -0.15) is 0 Å². The molecule has 0 atom stereocenters. The Kier molecular flexibility index (Phi) is 8.67. The first-order valence-corrected chi connectivity index (χ1v) is 11.1. The molecule has 0 aliphatic heterocycles. The zero-order valence-electron chi connectivity index (χ0n) is 19.5. The molecular weight excluding hydrogens is 426 g/mol. The number of aromatic hydroxyl groups is 1. The summed E-state index contributed by atoms with van der Waals surface area (Å²) in [5, 5.41) is 13.9. The maximum Gasteiger partial charge on any atom is 0.326 e. The molecule has 4 N–H and O–H groups in total. The van der Waals surface area contributed by atoms with Crippen molar-refractivity contribution in [3.05, 3.63) is 42.0 Å². The molecule has 0 bridgehead atoms. The van der Waals surface area contributed by atoms with E-state index in [4.69, 9.17) is 10.5 Å². The highest BCUT2D eigenvalue weighted by atomic mass is 35.5. The molecule has 0 spiro atoms. The summed E-state index contributed by atoms with van der Waals surface area (Å²) in [4.78, 5) is 15.4. The van der Waals surface area contributed by atoms with Crippen LogP contribution in [0.15, 0.2) is 36.4 Å². The van der Waals surface area contributed by atoms with Crippen LogP contribution in [0.5, 0.6) is 11.5 Å². The number of carbonyl (C=O) groups excluding carboxylic acids is 1. The minimum atomic E-state index is -0.309. The van der Waals surface area contributed by atoms with E-state index in [-0.39, 0.29) is 35.6 Å². The van der Waals surface area contributed by atoms with Crippen LogP contribution < -0.4 is 20.7 Å². The van der Waals surface area contributed by atoms with E-state index >= 15 is 0 Å². The molecule has 176 valence electrons. The lowest BCUT2D eigenvalue weighted by atomic mass is 9.85. The molecule has 1 saturated carbocycles. The molecule has 32 heavy (non-hydrogen) atoms. The molecule has 2 amide bonds. The van der Waals surface area contributed by atoms with Crippen LogP contribution in [0.3, 0.4) is 0 Å². The van der Waals surface area contributed by atoms with Crippen LogP contribution in [0.1, 0.15) is 64.9 Å². The van der Waals surface area contributed by atoms with E-state index in [2.05, 4.69) is 5.32 Å². The number of hydrogen-bond donors (Lipinski definition) is 3. The summed E-state index contributed by atoms with van der Waals surface area (Å²) in [5.41, 5.74) is 8.09. The summed E-state index contributed by atoms with van der Waals surface area (Å²) in [6.07, 6.45) is 6.49. The zero-order chi connectivity index (χ0) is 22.6. The fourth-order valence-corrected chi connectivity index (χ4v) is 4.21. The highest BCUT2D eigenvalue weighted by molar-refractivity contribution is 6.03. The lowest BCUT2D eigenvalue weighted by Crippen LogP contribution is -2.43. The molecule has 1 fully saturated rings. The highest BCUT2D eigenvalue weighted by Crippen LogP contribution is 2.40. The quantitative estimate of drug-likeness (QED) is 0.277. The van der Waals surface area contributed by atoms with Crippen molar-refractivity contribution in [2.24, 2.45) is 0 Å². The number of carbonyl (C=O) groups is 1. The summed E-state index contributed by atoms with van der Waals surface area (Å²) in [7, 11) is 1.58. The van der Waals surface area contributed by atoms with E-state index in [0.717, 1.165) is 36.9 Å². The number of nitrogens with zero attached hydrogens (tertiary/aromatic N) is 1. The van der Waals surface area contributed by atoms with Gasteiger partial charge in [0.2, 0.25) is 0 Å². The third-order valence-electron chi connectivity index (χ3n) is 5.95. The molecule has 2 aromatic rings. The summed E-state index contributed by atoms with van der Waals surface area (Å²) in [6, 6.07) is 10.7. The largest absolute Gasteiger partial charge is 0.505 e. The van der Waals surface area contributed by atoms with E-state index in [9.17, 15) is 9.90 Å². The summed E-state index contributed by atoms with van der Waals surface area (Å²) >= 11 is 0. The number of methoxy groups -OCH3 is 1. The molecule has 2 aromatic carbocycles. The van der Waals surface area contributed by atoms with Crippen LogP contribution in [-0.4, -0.2) is 24.3 Å². The minimum absolute atomic E-state index is 0. The summed E-state index contributed by atoms with van der Waals surface area (Å²) in [6.45, 7) is 6.04. The number of hydrogen-bond acceptors (Lipinski definition) is 4. The van der Waals surface area contributed by atoms with Gasteiger partial charge in [-0.05, 0) is 48.6 Å². The van der Waals surface area contributed by atoms with Crippen molar-refractivity contribution in [3.63, 3.8) is 0 Å². The topological polar surface area (TPSA) is 87.8 Å². The average Bonchev–Trinajstić information content (AvgIpc) is 2.99. The Morgan fingerprint density at radius 1 is 1.09 bits per heavy atom. The van der Waals surface area contributed by atoms with Gasteiger partial charge in [0, 0.05) is 29.0 Å². The number of benzene rings is 2. The SMILES string of the molecule is COc1cc(NC(=O)N(c2ccc(N)cc2)C2CCCCCC2)c(O)c(C(C)(C)C)c1.Cl. The van der Waals surface area contributed by atoms with Gasteiger partial charge in [0.1, 0.15) is 11.5 Å². The number of nitrogens with two attached hydrogens (primary N) is 1. The molecule has 6 nitrogen and oxygen atoms in total. The van der Waals surface area contributed by atoms with Gasteiger partial charge in [-0.1, -0.05) is 46.5 Å². The predicted molar refractivity (Wildman–Crippen MR) is 134 cm³/mol. The lowest BCUT2D eigenvalue weighted by molar-refractivity contribution is 0.253. The summed E-state index contributed by atoms with van der Waals surface area (Å²) < 4.78 is 5.43. The smallest absolute Gasteiger partial charge is 0.326 e. The Morgan fingerprint density at radius 2 is 1.69 bits per heavy atom. The number of amides is 2. The maximum absolute atomic E-state index is 13.6. The molecule has 0 radical (unpaired) electrons. The second kappa shape index (κ2) is 10.8. The van der Waals surface area contributed by atoms with Crippen LogP contribution in [-0.2, 0) is 5.41 Å². The highest BCUT2D eigenvalue weighted by Gasteiger charge is 2.28. The molecule has 0 heterocycles. The van der Waals surface area contributed by atoms with Crippen LogP contribution in [0.2, 0.25) is 0 Å². The van der Waals surface area contributed by atoms with Gasteiger partial charge in [-0.3, -0.25) is 4.90 Å². The van der Waals surface area contributed by atoms with Gasteiger partial charge < -0.3 is 20.9 Å². The number of halogens is 1. The van der Waals surface area contributed by atoms with E-state index in [1.807, 2.05) is 56.0 Å². The molecule has 1 aliphatic rings. The molecule has 1 aliphatic carbocycles. The number of phenolic OH excluding ortho intramolecular Hbond substituents is 1. The standard InChI is InChI=1S/C25H35N3O3.ClH/c1-25(2,3)21-15-20(31-4)16-22(23(21)29)27-24(30)28(18-9-7-5-6-8-10-18)19-13-11-17(26)12-14-19;/h11-16,18,29H,5-10,26H2,1-4H3,(H,27,30);1H. The first kappa shape index (κ1) is 25.7. The summed E-state index contributed by atoms with van der Waals surface area (Å²) in [5.74, 6) is 0.659. The Labute approximate surface area is 197 Å². The number of phenols is 1. The van der Waals surface area contributed by atoms with Gasteiger partial charge in [0.25, 0.3) is 0 Å². The second-order valence-electron chi connectivity index (χ2n) is 9.36. The van der Waals surface area contributed by atoms with Crippen molar-refractivity contribution in [1.29, 1.82) is 0 Å². The zero-order valence-corrected chi connectivity index (χ0v) is 20.3. The van der Waals surface area contributed by atoms with Gasteiger partial charge in [0.15, 0.2) is 0 Å². The molecule has 0 saturated heterocycles. The molecular formula is C25H36ClN3O3. The third-order valence-corrected chi connectivity index (χ3v) is 5.95. The number of rotatable bonds is 4. The van der Waals surface area contributed by atoms with Crippen LogP contribution >= 0.6 is 12.4 Å². The molecule has 7 heteroatoms. The first-order chi connectivity index (χ1) is 14.7. The van der Waals surface area contributed by atoms with E-state index in [0.29, 0.717) is 17.1 Å². The Hall–Kier alpha value is -2.60. The van der Waals surface area contributed by atoms with Crippen molar-refractivity contribution in [3.8, 4) is 11.5 Å². The van der Waals surface area contributed by atoms with Crippen molar-refractivity contribution < 1.29 is 14.6 Å². The van der Waals surface area contributed by atoms with Crippen molar-refractivity contribution >= 4 is 35.5 Å². The minimum Gasteiger partial charge on any atom is -0.505 e. The second-order valence-corrected chi connectivity index (χ2v) is 9.36. The lowest BCUT2D eigenvalue weighted by Gasteiger charge is -2.32. The fourth-order valence-electron chi connectivity index (χ4n) is 4.21. The number of nitrogens with one attached hydrogen (secondary N) is 1. The molecule has 3 rings (SSSR count). The number of anilines is 3. The Morgan fingerprint density at radius 3 is 2.22 bits per heavy atom. The third kappa shape index (κ3) is 6.00. The van der Waals surface area contributed by atoms with Gasteiger partial charge >= 0.3 is 6.03 Å². The van der Waals surface area contributed by atoms with Crippen molar-refractivity contribution in [1.82, 2.24) is 0 Å². The average molecular weight is 462 g/mol. The number of urea groups is 1. The first-order valence-electron chi connectivity index (χ1n) is 11.1. The Balaban J connectivity index is 0.00000363. The van der Waals surface area contributed by atoms with E-state index < -0.39 is 0 Å². The van der Waals surface area contributed by atoms with E-state index in [1.54, 1.807) is 13.2 Å². The van der Waals surface area contributed by atoms with Crippen LogP contribution in [0.4, 0.5) is 21.9 Å². The van der Waals surface area contributed by atoms with E-state index in [1.165, 1.54) is 12.8 Å². The van der Waals surface area contributed by atoms with Crippen LogP contribution in [0.25, 0.3) is 0 Å². The monoisotopic (exact) mass is 461 g/mol. The maximum atomic E-state index is 13.6. The molecule has 0 aromatic heterocycles. The fraction of sp³-hybridized carbons (Fsp3) is 0.480. The predicted octanol–water partition coefficient (Wildman–Crippen LogP) is 6.46. The number of nitrogen functional groups attached to an aromatic ring is 1. The van der Waals surface area contributed by atoms with Crippen molar-refractivity contribution in [2.45, 2.75) is 70.8 Å². The van der Waals surface area contributed by atoms with Gasteiger partial charge in [-0.15, -0.1) is 12.4 Å². The molecule has 0 unspecified atom stereocenters. The van der Waals surface area contributed by atoms with Gasteiger partial charge in [-0.25, -0.2) is 4.79 Å². The van der Waals surface area contributed by atoms with Gasteiger partial charge in [0.05, 0.1) is 12.8 Å². The van der Waals surface area contributed by atoms with Crippen molar-refractivity contribution in [2.75, 3.05) is 23.1 Å². The number of ether oxygens (including phenoxy) is 1. The normalized spacial score (nSPS) is 14.8. The Bertz CT molecular complexity index is 902. The van der Waals surface area contributed by atoms with Crippen LogP contribution in [0, 0.1) is 0 Å².